The monoisotopic (exact) mass is 168 g/mol. The summed E-state index contributed by atoms with van der Waals surface area (Å²) in [6, 6.07) is 0. The van der Waals surface area contributed by atoms with Crippen LogP contribution in [-0.2, 0) is 0 Å². The van der Waals surface area contributed by atoms with Gasteiger partial charge in [-0.05, 0) is 32.1 Å². The lowest BCUT2D eigenvalue weighted by molar-refractivity contribution is 0.422. The molecule has 0 amide bonds. The van der Waals surface area contributed by atoms with Crippen LogP contribution in [0.25, 0.3) is 0 Å². The van der Waals surface area contributed by atoms with Crippen LogP contribution in [-0.4, -0.2) is 17.8 Å². The Labute approximate surface area is 75.3 Å². The van der Waals surface area contributed by atoms with Crippen LogP contribution in [0, 0.1) is 5.92 Å². The van der Waals surface area contributed by atoms with Crippen LogP contribution in [0.15, 0.2) is 4.99 Å². The van der Waals surface area contributed by atoms with Crippen molar-refractivity contribution < 1.29 is 0 Å². The summed E-state index contributed by atoms with van der Waals surface area (Å²) in [4.78, 5) is 4.55. The van der Waals surface area contributed by atoms with Gasteiger partial charge < -0.3 is 5.73 Å². The van der Waals surface area contributed by atoms with Gasteiger partial charge in [-0.3, -0.25) is 4.99 Å². The fourth-order valence-electron chi connectivity index (χ4n) is 1.54. The summed E-state index contributed by atoms with van der Waals surface area (Å²) >= 11 is 0. The molecule has 12 heavy (non-hydrogen) atoms. The Morgan fingerprint density at radius 2 is 2.08 bits per heavy atom. The van der Waals surface area contributed by atoms with Crippen molar-refractivity contribution >= 4 is 5.71 Å². The van der Waals surface area contributed by atoms with Gasteiger partial charge in [0.15, 0.2) is 0 Å². The zero-order valence-corrected chi connectivity index (χ0v) is 8.43. The molecule has 1 aliphatic heterocycles. The van der Waals surface area contributed by atoms with Gasteiger partial charge in [0, 0.05) is 17.8 Å². The van der Waals surface area contributed by atoms with Gasteiger partial charge in [0.25, 0.3) is 0 Å². The van der Waals surface area contributed by atoms with E-state index >= 15 is 0 Å². The molecular formula is C10H20N2. The molecule has 0 saturated heterocycles. The van der Waals surface area contributed by atoms with Crippen LogP contribution in [0.5, 0.6) is 0 Å². The summed E-state index contributed by atoms with van der Waals surface area (Å²) < 4.78 is 0. The zero-order valence-electron chi connectivity index (χ0n) is 8.43. The van der Waals surface area contributed by atoms with E-state index in [1.54, 1.807) is 0 Å². The van der Waals surface area contributed by atoms with Crippen molar-refractivity contribution in [3.63, 3.8) is 0 Å². The van der Waals surface area contributed by atoms with Crippen molar-refractivity contribution in [2.24, 2.45) is 16.6 Å². The molecule has 0 fully saturated rings. The molecular weight excluding hydrogens is 148 g/mol. The first-order chi connectivity index (χ1) is 5.51. The van der Waals surface area contributed by atoms with Gasteiger partial charge in [-0.25, -0.2) is 0 Å². The van der Waals surface area contributed by atoms with Crippen LogP contribution in [0.1, 0.15) is 40.0 Å². The van der Waals surface area contributed by atoms with Crippen LogP contribution >= 0.6 is 0 Å². The van der Waals surface area contributed by atoms with Gasteiger partial charge in [-0.15, -0.1) is 0 Å². The summed E-state index contributed by atoms with van der Waals surface area (Å²) in [5.74, 6) is 0.596. The molecule has 0 aromatic rings. The topological polar surface area (TPSA) is 38.4 Å². The lowest BCUT2D eigenvalue weighted by Gasteiger charge is -2.21. The number of aliphatic imine (C=N–C) groups is 1. The Bertz CT molecular complexity index is 180. The van der Waals surface area contributed by atoms with Crippen molar-refractivity contribution in [3.8, 4) is 0 Å². The summed E-state index contributed by atoms with van der Waals surface area (Å²) in [5.41, 5.74) is 7.43. The number of hydrogen-bond donors (Lipinski definition) is 1. The Kier molecular flexibility index (Phi) is 2.89. The predicted octanol–water partition coefficient (Wildman–Crippen LogP) is 1.98. The second-order valence-corrected chi connectivity index (χ2v) is 4.43. The summed E-state index contributed by atoms with van der Waals surface area (Å²) in [5, 5.41) is 0. The van der Waals surface area contributed by atoms with E-state index in [9.17, 15) is 0 Å². The number of nitrogens with zero attached hydrogens (tertiary/aromatic N) is 1. The van der Waals surface area contributed by atoms with Gasteiger partial charge in [-0.1, -0.05) is 13.8 Å². The fourth-order valence-corrected chi connectivity index (χ4v) is 1.54. The third kappa shape index (κ3) is 2.59. The van der Waals surface area contributed by atoms with E-state index < -0.39 is 0 Å². The molecule has 0 aliphatic carbocycles. The summed E-state index contributed by atoms with van der Waals surface area (Å²) in [6.07, 6.45) is 3.21. The number of hydrogen-bond acceptors (Lipinski definition) is 2. The Morgan fingerprint density at radius 3 is 2.67 bits per heavy atom. The maximum absolute atomic E-state index is 6.07. The standard InChI is InChI=1S/C10H20N2/c1-8(2)9-4-5-10(3,11)6-7-12-9/h8H,4-7,11H2,1-3H3. The lowest BCUT2D eigenvalue weighted by Crippen LogP contribution is -2.36. The maximum Gasteiger partial charge on any atom is 0.0406 e. The SMILES string of the molecule is CC(C)C1=NCCC(C)(N)CC1. The van der Waals surface area contributed by atoms with Crippen LogP contribution in [0.3, 0.4) is 0 Å². The predicted molar refractivity (Wildman–Crippen MR) is 53.6 cm³/mol. The molecule has 1 heterocycles. The van der Waals surface area contributed by atoms with Crippen molar-refractivity contribution in [2.45, 2.75) is 45.6 Å². The average molecular weight is 168 g/mol. The van der Waals surface area contributed by atoms with E-state index in [-0.39, 0.29) is 5.54 Å². The number of rotatable bonds is 1. The second kappa shape index (κ2) is 3.56. The molecule has 1 atom stereocenters. The second-order valence-electron chi connectivity index (χ2n) is 4.43. The molecule has 2 heteroatoms. The third-order valence-corrected chi connectivity index (χ3v) is 2.62. The highest BCUT2D eigenvalue weighted by atomic mass is 14.8. The highest BCUT2D eigenvalue weighted by Gasteiger charge is 2.22. The minimum absolute atomic E-state index is 0.0140. The van der Waals surface area contributed by atoms with Gasteiger partial charge in [0.1, 0.15) is 0 Å². The van der Waals surface area contributed by atoms with E-state index in [1.165, 1.54) is 5.71 Å². The van der Waals surface area contributed by atoms with Crippen molar-refractivity contribution in [1.82, 2.24) is 0 Å². The fraction of sp³-hybridized carbons (Fsp3) is 0.900. The minimum atomic E-state index is 0.0140. The first-order valence-electron chi connectivity index (χ1n) is 4.83. The Hall–Kier alpha value is -0.370. The molecule has 1 unspecified atom stereocenters. The van der Waals surface area contributed by atoms with Crippen LogP contribution < -0.4 is 5.73 Å². The van der Waals surface area contributed by atoms with Crippen molar-refractivity contribution in [1.29, 1.82) is 0 Å². The van der Waals surface area contributed by atoms with Gasteiger partial charge >= 0.3 is 0 Å². The normalized spacial score (nSPS) is 31.6. The minimum Gasteiger partial charge on any atom is -0.325 e. The van der Waals surface area contributed by atoms with Crippen LogP contribution in [0.4, 0.5) is 0 Å². The first-order valence-corrected chi connectivity index (χ1v) is 4.83. The third-order valence-electron chi connectivity index (χ3n) is 2.62. The molecule has 0 spiro atoms. The zero-order chi connectivity index (χ0) is 9.19. The van der Waals surface area contributed by atoms with Crippen molar-refractivity contribution in [2.75, 3.05) is 6.54 Å². The molecule has 0 bridgehead atoms. The molecule has 1 aliphatic rings. The quantitative estimate of drug-likeness (QED) is 0.639. The molecule has 2 N–H and O–H groups in total. The summed E-state index contributed by atoms with van der Waals surface area (Å²) in [6.45, 7) is 7.46. The van der Waals surface area contributed by atoms with E-state index in [0.29, 0.717) is 5.92 Å². The van der Waals surface area contributed by atoms with Gasteiger partial charge in [0.2, 0.25) is 0 Å². The molecule has 0 radical (unpaired) electrons. The maximum atomic E-state index is 6.07. The van der Waals surface area contributed by atoms with E-state index in [2.05, 4.69) is 25.8 Å². The Balaban J connectivity index is 2.56. The Morgan fingerprint density at radius 1 is 1.42 bits per heavy atom. The van der Waals surface area contributed by atoms with Crippen molar-refractivity contribution in [3.05, 3.63) is 0 Å². The van der Waals surface area contributed by atoms with Crippen LogP contribution in [0.2, 0.25) is 0 Å². The summed E-state index contributed by atoms with van der Waals surface area (Å²) in [7, 11) is 0. The smallest absolute Gasteiger partial charge is 0.0406 e. The molecule has 70 valence electrons. The lowest BCUT2D eigenvalue weighted by atomic mass is 9.91. The highest BCUT2D eigenvalue weighted by Crippen LogP contribution is 2.20. The molecule has 0 aromatic carbocycles. The van der Waals surface area contributed by atoms with Gasteiger partial charge in [0.05, 0.1) is 0 Å². The van der Waals surface area contributed by atoms with E-state index in [1.807, 2.05) is 0 Å². The molecule has 0 aromatic heterocycles. The first kappa shape index (κ1) is 9.72. The molecule has 0 saturated carbocycles. The number of nitrogens with two attached hydrogens (primary N) is 1. The highest BCUT2D eigenvalue weighted by molar-refractivity contribution is 5.86. The largest absolute Gasteiger partial charge is 0.325 e. The molecule has 1 rings (SSSR count). The van der Waals surface area contributed by atoms with Gasteiger partial charge in [-0.2, -0.15) is 0 Å². The van der Waals surface area contributed by atoms with E-state index in [4.69, 9.17) is 5.73 Å². The average Bonchev–Trinajstić information content (AvgIpc) is 2.10. The molecule has 2 nitrogen and oxygen atoms in total. The van der Waals surface area contributed by atoms with E-state index in [0.717, 1.165) is 25.8 Å².